The third kappa shape index (κ3) is 9.70. The zero-order valence-electron chi connectivity index (χ0n) is 43.6. The van der Waals surface area contributed by atoms with E-state index in [1.807, 2.05) is 63.1 Å². The summed E-state index contributed by atoms with van der Waals surface area (Å²) in [5.41, 5.74) is 4.14. The Morgan fingerprint density at radius 2 is 1.59 bits per heavy atom. The minimum atomic E-state index is -1.92. The Balaban J connectivity index is 0.905. The number of nitrogens with one attached hydrogen (secondary N) is 4. The molecule has 18 nitrogen and oxygen atoms in total. The van der Waals surface area contributed by atoms with Gasteiger partial charge in [-0.2, -0.15) is 0 Å². The molecule has 1 aliphatic carbocycles. The molecule has 8 heterocycles. The van der Waals surface area contributed by atoms with Gasteiger partial charge in [0, 0.05) is 47.9 Å². The topological polar surface area (TPSA) is 211 Å². The third-order valence-corrected chi connectivity index (χ3v) is 19.5. The van der Waals surface area contributed by atoms with Crippen LogP contribution in [0.2, 0.25) is 19.1 Å². The maximum Gasteiger partial charge on any atom is 0.407 e. The summed E-state index contributed by atoms with van der Waals surface area (Å²) >= 11 is 1.62. The Bertz CT molecular complexity index is 3200. The lowest BCUT2D eigenvalue weighted by Gasteiger charge is -2.40. The Morgan fingerprint density at radius 3 is 2.29 bits per heavy atom. The molecule has 4 N–H and O–H groups in total. The van der Waals surface area contributed by atoms with Crippen LogP contribution >= 0.6 is 11.3 Å². The number of nitrogens with zero attached hydrogens (tertiary/aromatic N) is 6. The minimum absolute atomic E-state index is 0.136. The summed E-state index contributed by atoms with van der Waals surface area (Å²) in [6.45, 7) is 13.3. The van der Waals surface area contributed by atoms with Crippen molar-refractivity contribution in [2.75, 3.05) is 33.5 Å². The van der Waals surface area contributed by atoms with Crippen molar-refractivity contribution < 1.29 is 42.5 Å². The normalized spacial score (nSPS) is 22.6. The first-order valence-electron chi connectivity index (χ1n) is 26.0. The number of halogens is 1. The molecule has 4 aliphatic heterocycles. The van der Waals surface area contributed by atoms with Gasteiger partial charge >= 0.3 is 12.2 Å². The van der Waals surface area contributed by atoms with Gasteiger partial charge in [-0.3, -0.25) is 14.2 Å². The van der Waals surface area contributed by atoms with E-state index < -0.39 is 50.0 Å². The van der Waals surface area contributed by atoms with E-state index in [-0.39, 0.29) is 35.7 Å². The van der Waals surface area contributed by atoms with Crippen molar-refractivity contribution in [3.8, 4) is 39.5 Å². The number of rotatable bonds is 12. The number of thiazole rings is 1. The number of methoxy groups -OCH3 is 2. The quantitative estimate of drug-likeness (QED) is 0.0848. The summed E-state index contributed by atoms with van der Waals surface area (Å²) in [5, 5.41) is 7.53. The van der Waals surface area contributed by atoms with Gasteiger partial charge in [-0.25, -0.2) is 28.9 Å². The SMILES string of the molecule is COC(=O)N[C@H](C(=O)N1CCC[C@H]1c1ncc(-c2cc(F)c3c(c2)O[C@@H](c2cnc(C4CC4)s2)n2c-3cc3cc(-c4cnc([C@@H]5C[Si](C)(C)CN5C(=O)[C@@H](NC(=O)OC)[C@@H]5CCOC(C)(C)C5)[nH]4)ccc32)[nH]1)C(C)C. The number of carbonyl (C=O) groups is 4. The Morgan fingerprint density at radius 1 is 0.867 bits per heavy atom. The van der Waals surface area contributed by atoms with Crippen LogP contribution < -0.4 is 15.4 Å². The number of ether oxygens (including phenoxy) is 4. The fourth-order valence-electron chi connectivity index (χ4n) is 11.8. The highest BCUT2D eigenvalue weighted by molar-refractivity contribution is 7.11. The number of likely N-dealkylation sites (tertiary alicyclic amines) is 1. The predicted molar refractivity (Wildman–Crippen MR) is 282 cm³/mol. The molecule has 2 aromatic carbocycles. The first-order valence-corrected chi connectivity index (χ1v) is 30.3. The smallest absolute Gasteiger partial charge is 0.407 e. The average Bonchev–Trinajstić information content (AvgIpc) is 4.06. The van der Waals surface area contributed by atoms with Crippen LogP contribution in [0.4, 0.5) is 14.0 Å². The number of benzene rings is 2. The van der Waals surface area contributed by atoms with Crippen molar-refractivity contribution in [3.05, 3.63) is 82.3 Å². The molecular weight excluding hydrogens is 996 g/mol. The van der Waals surface area contributed by atoms with Crippen molar-refractivity contribution in [3.63, 3.8) is 0 Å². The number of imidazole rings is 2. The van der Waals surface area contributed by atoms with E-state index in [0.717, 1.165) is 57.4 Å². The van der Waals surface area contributed by atoms with E-state index >= 15 is 4.39 Å². The van der Waals surface area contributed by atoms with Crippen molar-refractivity contribution >= 4 is 54.3 Å². The lowest BCUT2D eigenvalue weighted by Crippen LogP contribution is -2.55. The number of hydrogen-bond acceptors (Lipinski definition) is 12. The molecule has 0 radical (unpaired) electrons. The molecule has 4 aromatic heterocycles. The summed E-state index contributed by atoms with van der Waals surface area (Å²) in [6.07, 6.45) is 8.89. The molecule has 396 valence electrons. The van der Waals surface area contributed by atoms with Crippen LogP contribution in [0.1, 0.15) is 112 Å². The first kappa shape index (κ1) is 50.6. The molecule has 75 heavy (non-hydrogen) atoms. The molecule has 11 rings (SSSR count). The summed E-state index contributed by atoms with van der Waals surface area (Å²) < 4.78 is 41.8. The third-order valence-electron chi connectivity index (χ3n) is 15.6. The molecule has 4 amide bonds. The molecule has 6 atom stereocenters. The van der Waals surface area contributed by atoms with Crippen molar-refractivity contribution in [2.24, 2.45) is 11.8 Å². The first-order chi connectivity index (χ1) is 35.9. The van der Waals surface area contributed by atoms with Gasteiger partial charge in [0.05, 0.1) is 90.4 Å². The van der Waals surface area contributed by atoms with Gasteiger partial charge in [0.15, 0.2) is 0 Å². The second kappa shape index (κ2) is 19.5. The minimum Gasteiger partial charge on any atom is -0.464 e. The molecule has 21 heteroatoms. The Labute approximate surface area is 439 Å². The van der Waals surface area contributed by atoms with Gasteiger partial charge in [0.1, 0.15) is 35.3 Å². The number of fused-ring (bicyclic) bond motifs is 5. The largest absolute Gasteiger partial charge is 0.464 e. The van der Waals surface area contributed by atoms with Crippen molar-refractivity contribution in [1.29, 1.82) is 0 Å². The molecule has 4 fully saturated rings. The predicted octanol–water partition coefficient (Wildman–Crippen LogP) is 9.61. The van der Waals surface area contributed by atoms with E-state index in [1.165, 1.54) is 20.3 Å². The number of hydrogen-bond donors (Lipinski definition) is 4. The van der Waals surface area contributed by atoms with Crippen LogP contribution in [0.5, 0.6) is 5.75 Å². The lowest BCUT2D eigenvalue weighted by atomic mass is 9.82. The molecule has 1 saturated carbocycles. The van der Waals surface area contributed by atoms with E-state index in [2.05, 4.69) is 44.3 Å². The maximum atomic E-state index is 17.0. The standard InChI is InChI=1S/C54H65FN10O8SSi/c1-28(2)44(61-52(68)70-5)49(66)63-16-9-10-38(63)46-56-24-36(60-46)32-19-34(55)43-39-20-33-18-30(13-14-37(33)65(39)51(73-41(43)21-32)42-25-58-48(74-42)29-11-12-29)35-23-57-47(59-35)40-26-75(7,8)27-64(40)50(67)45(62-53(69)71-6)31-15-17-72-54(3,4)22-31/h13-14,18-21,23-25,28-29,31,38,40,44-45,51H,9-12,15-17,22,26-27H2,1-8H3,(H,56,60)(H,57,59)(H,61,68)(H,62,69)/t31-,38+,40+,44+,45+,51+/m1/s1. The maximum absolute atomic E-state index is 17.0. The molecule has 0 bridgehead atoms. The monoisotopic (exact) mass is 1060 g/mol. The summed E-state index contributed by atoms with van der Waals surface area (Å²) in [4.78, 5) is 79.5. The molecule has 0 unspecified atom stereocenters. The average molecular weight is 1060 g/mol. The van der Waals surface area contributed by atoms with Crippen LogP contribution in [0.15, 0.2) is 55.0 Å². The summed E-state index contributed by atoms with van der Waals surface area (Å²) in [5.74, 6) is 0.918. The van der Waals surface area contributed by atoms with Gasteiger partial charge < -0.3 is 49.3 Å². The zero-order chi connectivity index (χ0) is 52.7. The highest BCUT2D eigenvalue weighted by Gasteiger charge is 2.48. The van der Waals surface area contributed by atoms with Gasteiger partial charge in [0.2, 0.25) is 18.0 Å². The van der Waals surface area contributed by atoms with Crippen LogP contribution in [-0.2, 0) is 23.8 Å². The molecule has 3 saturated heterocycles. The van der Waals surface area contributed by atoms with Crippen LogP contribution in [-0.4, -0.2) is 123 Å². The van der Waals surface area contributed by atoms with Gasteiger partial charge in [-0.05, 0) is 101 Å². The number of aromatic nitrogens is 6. The Kier molecular flexibility index (Phi) is 13.2. The van der Waals surface area contributed by atoms with Crippen molar-refractivity contribution in [1.82, 2.24) is 49.9 Å². The number of aromatic amines is 2. The summed E-state index contributed by atoms with van der Waals surface area (Å²) in [6, 6.07) is 10.0. The van der Waals surface area contributed by atoms with Crippen molar-refractivity contribution in [2.45, 2.75) is 127 Å². The van der Waals surface area contributed by atoms with Crippen LogP contribution in [0.25, 0.3) is 44.7 Å². The van der Waals surface area contributed by atoms with Crippen LogP contribution in [0.3, 0.4) is 0 Å². The number of amides is 4. The summed E-state index contributed by atoms with van der Waals surface area (Å²) in [7, 11) is 0.663. The molecule has 5 aliphatic rings. The second-order valence-electron chi connectivity index (χ2n) is 22.6. The van der Waals surface area contributed by atoms with E-state index in [9.17, 15) is 19.2 Å². The van der Waals surface area contributed by atoms with Crippen LogP contribution in [0, 0.1) is 17.7 Å². The van der Waals surface area contributed by atoms with Gasteiger partial charge in [-0.1, -0.05) is 33.0 Å². The molecule has 6 aromatic rings. The molecule has 0 spiro atoms. The highest BCUT2D eigenvalue weighted by atomic mass is 32.1. The Hall–Kier alpha value is -6.58. The molecular formula is C54H65FN10O8SSi. The van der Waals surface area contributed by atoms with E-state index in [0.29, 0.717) is 84.4 Å². The number of alkyl carbamates (subject to hydrolysis) is 2. The van der Waals surface area contributed by atoms with Gasteiger partial charge in [-0.15, -0.1) is 11.3 Å². The number of H-pyrrole nitrogens is 2. The number of carbonyl (C=O) groups excluding carboxylic acids is 4. The second-order valence-corrected chi connectivity index (χ2v) is 28.7. The highest BCUT2D eigenvalue weighted by Crippen LogP contribution is 2.50. The van der Waals surface area contributed by atoms with E-state index in [1.54, 1.807) is 28.6 Å². The lowest BCUT2D eigenvalue weighted by molar-refractivity contribution is -0.139. The fourth-order valence-corrected chi connectivity index (χ4v) is 15.8. The van der Waals surface area contributed by atoms with Gasteiger partial charge in [0.25, 0.3) is 0 Å². The zero-order valence-corrected chi connectivity index (χ0v) is 45.4. The fraction of sp³-hybridized carbons (Fsp3) is 0.500. The van der Waals surface area contributed by atoms with E-state index in [4.69, 9.17) is 33.9 Å².